The van der Waals surface area contributed by atoms with E-state index < -0.39 is 36.0 Å². The van der Waals surface area contributed by atoms with Crippen molar-refractivity contribution in [1.29, 1.82) is 0 Å². The third-order valence-electron chi connectivity index (χ3n) is 5.31. The van der Waals surface area contributed by atoms with Crippen LogP contribution in [0.25, 0.3) is 11.3 Å². The summed E-state index contributed by atoms with van der Waals surface area (Å²) >= 11 is 6.19. The van der Waals surface area contributed by atoms with Crippen molar-refractivity contribution in [3.8, 4) is 11.3 Å². The van der Waals surface area contributed by atoms with E-state index in [9.17, 15) is 19.2 Å². The molecule has 1 unspecified atom stereocenters. The Balaban J connectivity index is 1.43. The maximum absolute atomic E-state index is 12.9. The van der Waals surface area contributed by atoms with E-state index in [1.165, 1.54) is 13.8 Å². The number of urea groups is 1. The third-order valence-corrected chi connectivity index (χ3v) is 5.64. The highest BCUT2D eigenvalue weighted by atomic mass is 35.5. The van der Waals surface area contributed by atoms with E-state index in [-0.39, 0.29) is 17.0 Å². The Kier molecular flexibility index (Phi) is 6.08. The van der Waals surface area contributed by atoms with Gasteiger partial charge in [-0.15, -0.1) is 0 Å². The summed E-state index contributed by atoms with van der Waals surface area (Å²) in [5, 5.41) is 7.34. The molecule has 2 N–H and O–H groups in total. The fourth-order valence-electron chi connectivity index (χ4n) is 3.52. The summed E-state index contributed by atoms with van der Waals surface area (Å²) in [7, 11) is 0. The molecule has 1 aromatic heterocycles. The van der Waals surface area contributed by atoms with E-state index in [0.29, 0.717) is 21.2 Å². The number of hydrogen-bond acceptors (Lipinski definition) is 7. The SMILES string of the molecule is Cc1onc(-c2ccccc2Cl)c1C(=O)OCC(=O)NN1C(=O)NC(C)(c2ccccc2)C1=O. The number of aromatic nitrogens is 1. The molecule has 1 atom stereocenters. The lowest BCUT2D eigenvalue weighted by Gasteiger charge is -2.22. The summed E-state index contributed by atoms with van der Waals surface area (Å²) in [6, 6.07) is 14.5. The van der Waals surface area contributed by atoms with Crippen LogP contribution in [0.5, 0.6) is 0 Å². The van der Waals surface area contributed by atoms with Gasteiger partial charge in [0.05, 0.1) is 5.02 Å². The van der Waals surface area contributed by atoms with Gasteiger partial charge in [-0.1, -0.05) is 65.3 Å². The Labute approximate surface area is 198 Å². The predicted molar refractivity (Wildman–Crippen MR) is 119 cm³/mol. The van der Waals surface area contributed by atoms with Crippen molar-refractivity contribution in [1.82, 2.24) is 20.9 Å². The normalized spacial score (nSPS) is 17.4. The number of halogens is 1. The zero-order valence-corrected chi connectivity index (χ0v) is 18.9. The molecule has 4 amide bonds. The molecule has 34 heavy (non-hydrogen) atoms. The number of nitrogens with zero attached hydrogens (tertiary/aromatic N) is 2. The van der Waals surface area contributed by atoms with Crippen molar-refractivity contribution in [2.24, 2.45) is 0 Å². The molecule has 11 heteroatoms. The number of ether oxygens (including phenoxy) is 1. The van der Waals surface area contributed by atoms with Crippen molar-refractivity contribution < 1.29 is 28.4 Å². The van der Waals surface area contributed by atoms with Crippen LogP contribution in [0.1, 0.15) is 28.6 Å². The molecule has 3 aromatic rings. The molecule has 1 aliphatic heterocycles. The van der Waals surface area contributed by atoms with Crippen LogP contribution in [-0.2, 0) is 19.9 Å². The second kappa shape index (κ2) is 8.99. The van der Waals surface area contributed by atoms with Crippen LogP contribution in [0.3, 0.4) is 0 Å². The molecule has 10 nitrogen and oxygen atoms in total. The lowest BCUT2D eigenvalue weighted by molar-refractivity contribution is -0.140. The Bertz CT molecular complexity index is 1290. The molecule has 0 aliphatic carbocycles. The van der Waals surface area contributed by atoms with Crippen LogP contribution < -0.4 is 10.7 Å². The van der Waals surface area contributed by atoms with Crippen molar-refractivity contribution in [2.75, 3.05) is 6.61 Å². The number of nitrogens with one attached hydrogen (secondary N) is 2. The van der Waals surface area contributed by atoms with E-state index >= 15 is 0 Å². The Hall–Kier alpha value is -4.18. The number of aryl methyl sites for hydroxylation is 1. The minimum Gasteiger partial charge on any atom is -0.452 e. The topological polar surface area (TPSA) is 131 Å². The molecule has 2 heterocycles. The van der Waals surface area contributed by atoms with Crippen molar-refractivity contribution in [3.63, 3.8) is 0 Å². The van der Waals surface area contributed by atoms with E-state index in [2.05, 4.69) is 15.9 Å². The molecule has 1 saturated heterocycles. The van der Waals surface area contributed by atoms with Crippen LogP contribution in [-0.4, -0.2) is 40.6 Å². The average Bonchev–Trinajstić information content (AvgIpc) is 3.31. The van der Waals surface area contributed by atoms with Crippen LogP contribution >= 0.6 is 11.6 Å². The first kappa shape index (κ1) is 23.0. The summed E-state index contributed by atoms with van der Waals surface area (Å²) in [6.07, 6.45) is 0. The van der Waals surface area contributed by atoms with Gasteiger partial charge < -0.3 is 14.6 Å². The van der Waals surface area contributed by atoms with Crippen LogP contribution in [0, 0.1) is 6.92 Å². The zero-order chi connectivity index (χ0) is 24.5. The van der Waals surface area contributed by atoms with Crippen molar-refractivity contribution in [3.05, 3.63) is 76.5 Å². The molecule has 4 rings (SSSR count). The first-order valence-electron chi connectivity index (χ1n) is 10.1. The van der Waals surface area contributed by atoms with Gasteiger partial charge in [-0.05, 0) is 25.5 Å². The first-order valence-corrected chi connectivity index (χ1v) is 10.5. The summed E-state index contributed by atoms with van der Waals surface area (Å²) in [5.41, 5.74) is 1.99. The van der Waals surface area contributed by atoms with Crippen LogP contribution in [0.4, 0.5) is 4.79 Å². The minimum absolute atomic E-state index is 0.00699. The fraction of sp³-hybridized carbons (Fsp3) is 0.174. The average molecular weight is 483 g/mol. The van der Waals surface area contributed by atoms with Gasteiger partial charge in [0.2, 0.25) is 0 Å². The third kappa shape index (κ3) is 4.11. The minimum atomic E-state index is -1.36. The highest BCUT2D eigenvalue weighted by molar-refractivity contribution is 6.33. The van der Waals surface area contributed by atoms with Gasteiger partial charge in [0.25, 0.3) is 11.8 Å². The Morgan fingerprint density at radius 3 is 2.53 bits per heavy atom. The van der Waals surface area contributed by atoms with Crippen LogP contribution in [0.2, 0.25) is 5.02 Å². The number of hydrazine groups is 1. The van der Waals surface area contributed by atoms with Gasteiger partial charge >= 0.3 is 12.0 Å². The summed E-state index contributed by atoms with van der Waals surface area (Å²) in [4.78, 5) is 50.3. The van der Waals surface area contributed by atoms with Gasteiger partial charge in [0.15, 0.2) is 6.61 Å². The van der Waals surface area contributed by atoms with E-state index in [0.717, 1.165) is 0 Å². The molecular weight excluding hydrogens is 464 g/mol. The molecule has 0 saturated carbocycles. The lowest BCUT2D eigenvalue weighted by Crippen LogP contribution is -2.49. The molecule has 2 aromatic carbocycles. The summed E-state index contributed by atoms with van der Waals surface area (Å²) in [6.45, 7) is 2.28. The number of carbonyl (C=O) groups is 4. The standard InChI is InChI=1S/C23H19ClN4O6/c1-13-18(19(27-34-13)15-10-6-7-11-16(15)24)20(30)33-12-17(29)26-28-21(31)23(2,25-22(28)32)14-8-4-3-5-9-14/h3-11H,12H2,1-2H3,(H,25,32)(H,26,29). The second-order valence-corrected chi connectivity index (χ2v) is 8.02. The number of rotatable bonds is 6. The quantitative estimate of drug-likeness (QED) is 0.408. The number of imide groups is 1. The fourth-order valence-corrected chi connectivity index (χ4v) is 3.74. The molecular formula is C23H19ClN4O6. The van der Waals surface area contributed by atoms with E-state index in [1.807, 2.05) is 0 Å². The van der Waals surface area contributed by atoms with Gasteiger partial charge in [0.1, 0.15) is 22.6 Å². The first-order chi connectivity index (χ1) is 16.2. The Morgan fingerprint density at radius 2 is 1.82 bits per heavy atom. The highest BCUT2D eigenvalue weighted by Crippen LogP contribution is 2.31. The maximum Gasteiger partial charge on any atom is 0.344 e. The predicted octanol–water partition coefficient (Wildman–Crippen LogP) is 2.96. The molecule has 174 valence electrons. The maximum atomic E-state index is 12.9. The van der Waals surface area contributed by atoms with Gasteiger partial charge in [0, 0.05) is 5.56 Å². The largest absolute Gasteiger partial charge is 0.452 e. The number of hydrogen-bond donors (Lipinski definition) is 2. The molecule has 0 bridgehead atoms. The second-order valence-electron chi connectivity index (χ2n) is 7.62. The van der Waals surface area contributed by atoms with E-state index in [1.54, 1.807) is 54.6 Å². The summed E-state index contributed by atoms with van der Waals surface area (Å²) < 4.78 is 10.2. The monoisotopic (exact) mass is 482 g/mol. The lowest BCUT2D eigenvalue weighted by atomic mass is 9.92. The molecule has 0 spiro atoms. The van der Waals surface area contributed by atoms with Gasteiger partial charge in [-0.25, -0.2) is 9.59 Å². The Morgan fingerprint density at radius 1 is 1.15 bits per heavy atom. The molecule has 0 radical (unpaired) electrons. The summed E-state index contributed by atoms with van der Waals surface area (Å²) in [5.74, 6) is -2.27. The van der Waals surface area contributed by atoms with Crippen molar-refractivity contribution in [2.45, 2.75) is 19.4 Å². The molecule has 1 aliphatic rings. The van der Waals surface area contributed by atoms with E-state index in [4.69, 9.17) is 20.9 Å². The molecule has 1 fully saturated rings. The van der Waals surface area contributed by atoms with Crippen molar-refractivity contribution >= 4 is 35.4 Å². The number of carbonyl (C=O) groups excluding carboxylic acids is 4. The van der Waals surface area contributed by atoms with Crippen LogP contribution in [0.15, 0.2) is 59.1 Å². The highest BCUT2D eigenvalue weighted by Gasteiger charge is 2.50. The zero-order valence-electron chi connectivity index (χ0n) is 18.1. The van der Waals surface area contributed by atoms with Gasteiger partial charge in [-0.2, -0.15) is 5.01 Å². The van der Waals surface area contributed by atoms with Gasteiger partial charge in [-0.3, -0.25) is 15.0 Å². The number of amides is 4. The smallest absolute Gasteiger partial charge is 0.344 e. The number of esters is 1. The number of benzene rings is 2.